The highest BCUT2D eigenvalue weighted by Gasteiger charge is 2.24. The van der Waals surface area contributed by atoms with Gasteiger partial charge in [0.1, 0.15) is 0 Å². The van der Waals surface area contributed by atoms with Crippen LogP contribution in [0.4, 0.5) is 0 Å². The van der Waals surface area contributed by atoms with E-state index in [-0.39, 0.29) is 23.3 Å². The van der Waals surface area contributed by atoms with Gasteiger partial charge in [-0.05, 0) is 62.9 Å². The Labute approximate surface area is 185 Å². The van der Waals surface area contributed by atoms with E-state index in [4.69, 9.17) is 16.6 Å². The van der Waals surface area contributed by atoms with Gasteiger partial charge in [-0.15, -0.1) is 0 Å². The third-order valence-electron chi connectivity index (χ3n) is 5.67. The Hall–Kier alpha value is -2.31. The number of amides is 1. The van der Waals surface area contributed by atoms with Gasteiger partial charge in [-0.3, -0.25) is 14.2 Å². The third-order valence-corrected chi connectivity index (χ3v) is 7.01. The molecule has 0 aliphatic carbocycles. The smallest absolute Gasteiger partial charge is 0.266 e. The molecule has 7 heteroatoms. The molecule has 5 nitrogen and oxygen atoms in total. The zero-order valence-electron chi connectivity index (χ0n) is 17.1. The molecule has 1 aromatic heterocycles. The Bertz CT molecular complexity index is 1160. The summed E-state index contributed by atoms with van der Waals surface area (Å²) < 4.78 is 1.58. The molecule has 0 spiro atoms. The Morgan fingerprint density at radius 3 is 2.80 bits per heavy atom. The summed E-state index contributed by atoms with van der Waals surface area (Å²) in [5, 5.41) is 1.63. The first-order valence-electron chi connectivity index (χ1n) is 10.2. The van der Waals surface area contributed by atoms with Gasteiger partial charge < -0.3 is 4.90 Å². The molecule has 1 unspecified atom stereocenters. The summed E-state index contributed by atoms with van der Waals surface area (Å²) in [6.45, 7) is 4.78. The van der Waals surface area contributed by atoms with Crippen molar-refractivity contribution in [2.24, 2.45) is 0 Å². The summed E-state index contributed by atoms with van der Waals surface area (Å²) in [4.78, 5) is 32.9. The van der Waals surface area contributed by atoms with Crippen molar-refractivity contribution in [3.8, 4) is 5.69 Å². The van der Waals surface area contributed by atoms with Crippen molar-refractivity contribution in [1.29, 1.82) is 0 Å². The summed E-state index contributed by atoms with van der Waals surface area (Å²) in [5.41, 5.74) is 1.95. The highest BCUT2D eigenvalue weighted by Crippen LogP contribution is 2.27. The van der Waals surface area contributed by atoms with Gasteiger partial charge in [0.05, 0.1) is 22.3 Å². The number of rotatable bonds is 4. The van der Waals surface area contributed by atoms with E-state index in [1.54, 1.807) is 16.7 Å². The molecular weight excluding hydrogens is 418 g/mol. The van der Waals surface area contributed by atoms with Crippen molar-refractivity contribution in [3.63, 3.8) is 0 Å². The maximum Gasteiger partial charge on any atom is 0.266 e. The van der Waals surface area contributed by atoms with Gasteiger partial charge in [0.2, 0.25) is 5.91 Å². The van der Waals surface area contributed by atoms with E-state index in [1.807, 2.05) is 42.2 Å². The molecule has 1 saturated heterocycles. The molecule has 0 radical (unpaired) electrons. The van der Waals surface area contributed by atoms with E-state index in [1.165, 1.54) is 11.8 Å². The zero-order chi connectivity index (χ0) is 21.3. The van der Waals surface area contributed by atoms with Crippen LogP contribution in [0.2, 0.25) is 5.02 Å². The normalized spacial score (nSPS) is 16.8. The first-order chi connectivity index (χ1) is 14.5. The van der Waals surface area contributed by atoms with Crippen molar-refractivity contribution < 1.29 is 4.79 Å². The molecular formula is C23H24ClN3O2S. The number of halogens is 1. The standard InChI is InChI=1S/C23H24ClN3O2S/c1-15-8-5-6-13-26(15)21(28)14-30-23-25-19-11-4-3-9-17(19)22(29)27(23)20-12-7-10-18(24)16(20)2/h3-4,7,9-12,15H,5-6,8,13-14H2,1-2H3. The van der Waals surface area contributed by atoms with Gasteiger partial charge >= 0.3 is 0 Å². The second-order valence-electron chi connectivity index (χ2n) is 7.66. The van der Waals surface area contributed by atoms with Crippen LogP contribution in [0.3, 0.4) is 0 Å². The number of nitrogens with zero attached hydrogens (tertiary/aromatic N) is 3. The summed E-state index contributed by atoms with van der Waals surface area (Å²) in [5.74, 6) is 0.332. The van der Waals surface area contributed by atoms with Crippen molar-refractivity contribution in [2.45, 2.75) is 44.3 Å². The fourth-order valence-corrected chi connectivity index (χ4v) is 5.00. The number of thioether (sulfide) groups is 1. The lowest BCUT2D eigenvalue weighted by Crippen LogP contribution is -2.43. The summed E-state index contributed by atoms with van der Waals surface area (Å²) in [6.07, 6.45) is 3.25. The Morgan fingerprint density at radius 1 is 1.20 bits per heavy atom. The van der Waals surface area contributed by atoms with Crippen LogP contribution in [0.1, 0.15) is 31.7 Å². The van der Waals surface area contributed by atoms with E-state index < -0.39 is 0 Å². The predicted molar refractivity (Wildman–Crippen MR) is 123 cm³/mol. The number of carbonyl (C=O) groups is 1. The highest BCUT2D eigenvalue weighted by molar-refractivity contribution is 7.99. The number of para-hydroxylation sites is 1. The van der Waals surface area contributed by atoms with Gasteiger partial charge in [0.25, 0.3) is 5.56 Å². The minimum atomic E-state index is -0.160. The van der Waals surface area contributed by atoms with Crippen LogP contribution in [0.5, 0.6) is 0 Å². The number of hydrogen-bond acceptors (Lipinski definition) is 4. The number of piperidine rings is 1. The number of likely N-dealkylation sites (tertiary alicyclic amines) is 1. The van der Waals surface area contributed by atoms with Gasteiger partial charge in [0.15, 0.2) is 5.16 Å². The Morgan fingerprint density at radius 2 is 2.00 bits per heavy atom. The molecule has 3 aromatic rings. The van der Waals surface area contributed by atoms with E-state index in [2.05, 4.69) is 6.92 Å². The van der Waals surface area contributed by atoms with Gasteiger partial charge in [-0.25, -0.2) is 4.98 Å². The monoisotopic (exact) mass is 441 g/mol. The van der Waals surface area contributed by atoms with Crippen molar-refractivity contribution in [3.05, 3.63) is 63.4 Å². The maximum absolute atomic E-state index is 13.4. The number of benzene rings is 2. The molecule has 2 aromatic carbocycles. The third kappa shape index (κ3) is 3.98. The molecule has 1 amide bonds. The van der Waals surface area contributed by atoms with Crippen LogP contribution in [0, 0.1) is 6.92 Å². The minimum Gasteiger partial charge on any atom is -0.339 e. The molecule has 1 aliphatic heterocycles. The molecule has 156 valence electrons. The zero-order valence-corrected chi connectivity index (χ0v) is 18.7. The van der Waals surface area contributed by atoms with E-state index in [0.29, 0.717) is 26.8 Å². The molecule has 1 atom stereocenters. The first-order valence-corrected chi connectivity index (χ1v) is 11.5. The molecule has 2 heterocycles. The number of hydrogen-bond donors (Lipinski definition) is 0. The molecule has 0 bridgehead atoms. The number of aromatic nitrogens is 2. The van der Waals surface area contributed by atoms with E-state index in [9.17, 15) is 9.59 Å². The van der Waals surface area contributed by atoms with Gasteiger partial charge in [0, 0.05) is 17.6 Å². The van der Waals surface area contributed by atoms with Crippen molar-refractivity contribution >= 4 is 40.2 Å². The fourth-order valence-electron chi connectivity index (χ4n) is 3.94. The average Bonchev–Trinajstić information content (AvgIpc) is 2.75. The summed E-state index contributed by atoms with van der Waals surface area (Å²) >= 11 is 7.64. The lowest BCUT2D eigenvalue weighted by atomic mass is 10.0. The molecule has 4 rings (SSSR count). The van der Waals surface area contributed by atoms with Gasteiger partial charge in [-0.2, -0.15) is 0 Å². The van der Waals surface area contributed by atoms with Crippen LogP contribution in [0.25, 0.3) is 16.6 Å². The average molecular weight is 442 g/mol. The van der Waals surface area contributed by atoms with Crippen LogP contribution in [-0.4, -0.2) is 38.7 Å². The number of fused-ring (bicyclic) bond motifs is 1. The first kappa shape index (κ1) is 20.9. The van der Waals surface area contributed by atoms with Crippen LogP contribution < -0.4 is 5.56 Å². The maximum atomic E-state index is 13.4. The molecule has 0 saturated carbocycles. The van der Waals surface area contributed by atoms with Crippen LogP contribution in [-0.2, 0) is 4.79 Å². The van der Waals surface area contributed by atoms with E-state index in [0.717, 1.165) is 31.4 Å². The fraction of sp³-hybridized carbons (Fsp3) is 0.348. The Kier molecular flexibility index (Phi) is 6.16. The minimum absolute atomic E-state index is 0.0870. The second-order valence-corrected chi connectivity index (χ2v) is 9.01. The molecule has 30 heavy (non-hydrogen) atoms. The van der Waals surface area contributed by atoms with Crippen molar-refractivity contribution in [1.82, 2.24) is 14.5 Å². The quantitative estimate of drug-likeness (QED) is 0.429. The SMILES string of the molecule is Cc1c(Cl)cccc1-n1c(SCC(=O)N2CCCCC2C)nc2ccccc2c1=O. The van der Waals surface area contributed by atoms with Crippen molar-refractivity contribution in [2.75, 3.05) is 12.3 Å². The molecule has 1 fully saturated rings. The largest absolute Gasteiger partial charge is 0.339 e. The Balaban J connectivity index is 1.75. The lowest BCUT2D eigenvalue weighted by molar-refractivity contribution is -0.131. The summed E-state index contributed by atoms with van der Waals surface area (Å²) in [6, 6.07) is 13.0. The van der Waals surface area contributed by atoms with Gasteiger partial charge in [-0.1, -0.05) is 41.6 Å². The van der Waals surface area contributed by atoms with E-state index >= 15 is 0 Å². The summed E-state index contributed by atoms with van der Waals surface area (Å²) in [7, 11) is 0. The second kappa shape index (κ2) is 8.82. The molecule has 1 aliphatic rings. The topological polar surface area (TPSA) is 55.2 Å². The number of carbonyl (C=O) groups excluding carboxylic acids is 1. The highest BCUT2D eigenvalue weighted by atomic mass is 35.5. The van der Waals surface area contributed by atoms with Crippen LogP contribution >= 0.6 is 23.4 Å². The molecule has 0 N–H and O–H groups in total. The van der Waals surface area contributed by atoms with Crippen LogP contribution in [0.15, 0.2) is 52.4 Å². The predicted octanol–water partition coefficient (Wildman–Crippen LogP) is 4.84. The lowest BCUT2D eigenvalue weighted by Gasteiger charge is -2.33.